The van der Waals surface area contributed by atoms with Crippen molar-refractivity contribution >= 4 is 11.8 Å². The predicted molar refractivity (Wildman–Crippen MR) is 125 cm³/mol. The van der Waals surface area contributed by atoms with Crippen LogP contribution in [0.3, 0.4) is 0 Å². The van der Waals surface area contributed by atoms with Gasteiger partial charge in [0.15, 0.2) is 0 Å². The number of nitrogens with zero attached hydrogens (tertiary/aromatic N) is 2. The van der Waals surface area contributed by atoms with E-state index in [1.807, 2.05) is 48.5 Å². The summed E-state index contributed by atoms with van der Waals surface area (Å²) in [6.07, 6.45) is 0.434. The van der Waals surface area contributed by atoms with Crippen LogP contribution in [0.15, 0.2) is 95.8 Å². The lowest BCUT2D eigenvalue weighted by Crippen LogP contribution is -2.21. The first-order valence-electron chi connectivity index (χ1n) is 10.3. The summed E-state index contributed by atoms with van der Waals surface area (Å²) in [6, 6.07) is 26.6. The van der Waals surface area contributed by atoms with Gasteiger partial charge in [-0.2, -0.15) is 0 Å². The van der Waals surface area contributed by atoms with Crippen molar-refractivity contribution in [3.05, 3.63) is 112 Å². The zero-order chi connectivity index (χ0) is 23.8. The Hall–Kier alpha value is -4.39. The molecule has 0 saturated carbocycles. The molecular formula is C26H24N2O5. The van der Waals surface area contributed by atoms with Crippen LogP contribution in [-0.2, 0) is 11.2 Å². The second kappa shape index (κ2) is 10.8. The number of carbonyl (C=O) groups excluding carboxylic acids is 1. The van der Waals surface area contributed by atoms with Crippen LogP contribution >= 0.6 is 0 Å². The van der Waals surface area contributed by atoms with E-state index in [9.17, 15) is 19.5 Å². The number of carboxylic acid groups (broad SMARTS) is 1. The van der Waals surface area contributed by atoms with Crippen molar-refractivity contribution in [1.29, 1.82) is 0 Å². The number of hydrogen-bond donors (Lipinski definition) is 2. The summed E-state index contributed by atoms with van der Waals surface area (Å²) in [5, 5.41) is 19.0. The minimum atomic E-state index is -0.879. The Kier molecular flexibility index (Phi) is 7.60. The van der Waals surface area contributed by atoms with Crippen molar-refractivity contribution in [2.75, 3.05) is 0 Å². The number of carboxylic acids is 1. The molecule has 0 radical (unpaired) electrons. The number of carbonyl (C=O) groups is 2. The van der Waals surface area contributed by atoms with Gasteiger partial charge in [0.2, 0.25) is 5.88 Å². The first-order chi connectivity index (χ1) is 15.9. The maximum Gasteiger partial charge on any atom is 0.335 e. The van der Waals surface area contributed by atoms with Crippen LogP contribution < -0.4 is 5.56 Å². The smallest absolute Gasteiger partial charge is 0.335 e. The molecule has 0 aliphatic carbocycles. The predicted octanol–water partition coefficient (Wildman–Crippen LogP) is 4.24. The van der Waals surface area contributed by atoms with Crippen LogP contribution in [-0.4, -0.2) is 31.3 Å². The molecule has 168 valence electrons. The van der Waals surface area contributed by atoms with Crippen LogP contribution in [0.1, 0.15) is 29.3 Å². The van der Waals surface area contributed by atoms with Crippen LogP contribution in [0.25, 0.3) is 11.4 Å². The SMILES string of the molecule is CC(=O)CCc1c(O)n(-c2ccccc2)n(-c2ccccc2)c1=O.O=C(O)c1ccccc1. The van der Waals surface area contributed by atoms with E-state index < -0.39 is 5.97 Å². The number of hydrogen-bond acceptors (Lipinski definition) is 4. The molecule has 0 unspecified atom stereocenters. The summed E-state index contributed by atoms with van der Waals surface area (Å²) in [7, 11) is 0. The third-order valence-corrected chi connectivity index (χ3v) is 4.87. The highest BCUT2D eigenvalue weighted by atomic mass is 16.4. The maximum atomic E-state index is 12.9. The Morgan fingerprint density at radius 3 is 1.64 bits per heavy atom. The van der Waals surface area contributed by atoms with Crippen molar-refractivity contribution < 1.29 is 19.8 Å². The van der Waals surface area contributed by atoms with Crippen LogP contribution in [0, 0.1) is 0 Å². The molecular weight excluding hydrogens is 420 g/mol. The van der Waals surface area contributed by atoms with Gasteiger partial charge in [0.1, 0.15) is 5.78 Å². The van der Waals surface area contributed by atoms with Gasteiger partial charge in [-0.15, -0.1) is 0 Å². The summed E-state index contributed by atoms with van der Waals surface area (Å²) >= 11 is 0. The zero-order valence-electron chi connectivity index (χ0n) is 18.1. The molecule has 1 aromatic heterocycles. The summed E-state index contributed by atoms with van der Waals surface area (Å²) < 4.78 is 2.91. The Balaban J connectivity index is 0.000000286. The van der Waals surface area contributed by atoms with Crippen molar-refractivity contribution in [3.63, 3.8) is 0 Å². The van der Waals surface area contributed by atoms with Gasteiger partial charge in [-0.05, 0) is 49.7 Å². The monoisotopic (exact) mass is 444 g/mol. The highest BCUT2D eigenvalue weighted by Gasteiger charge is 2.21. The average Bonchev–Trinajstić information content (AvgIpc) is 3.09. The summed E-state index contributed by atoms with van der Waals surface area (Å²) in [5.41, 5.74) is 1.58. The standard InChI is InChI=1S/C19H18N2O3.C7H6O2/c1-14(22)12-13-17-18(23)20(15-8-4-2-5-9-15)21(19(17)24)16-10-6-3-7-11-16;8-7(9)6-4-2-1-3-5-6/h2-11,23H,12-13H2,1H3;1-5H,(H,8,9). The number of aromatic nitrogens is 2. The molecule has 1 heterocycles. The Morgan fingerprint density at radius 2 is 1.21 bits per heavy atom. The van der Waals surface area contributed by atoms with Crippen LogP contribution in [0.5, 0.6) is 5.88 Å². The maximum absolute atomic E-state index is 12.9. The zero-order valence-corrected chi connectivity index (χ0v) is 18.1. The van der Waals surface area contributed by atoms with Crippen molar-refractivity contribution in [2.45, 2.75) is 19.8 Å². The first kappa shape index (κ1) is 23.3. The number of para-hydroxylation sites is 2. The topological polar surface area (TPSA) is 102 Å². The van der Waals surface area contributed by atoms with E-state index in [2.05, 4.69) is 0 Å². The summed E-state index contributed by atoms with van der Waals surface area (Å²) in [4.78, 5) is 34.3. The minimum Gasteiger partial charge on any atom is -0.493 e. The van der Waals surface area contributed by atoms with E-state index in [0.29, 0.717) is 16.9 Å². The normalized spacial score (nSPS) is 10.2. The van der Waals surface area contributed by atoms with Gasteiger partial charge >= 0.3 is 5.97 Å². The fourth-order valence-electron chi connectivity index (χ4n) is 3.25. The minimum absolute atomic E-state index is 0.0208. The van der Waals surface area contributed by atoms with Gasteiger partial charge < -0.3 is 15.0 Å². The van der Waals surface area contributed by atoms with Crippen molar-refractivity contribution in [3.8, 4) is 17.3 Å². The van der Waals surface area contributed by atoms with E-state index in [1.54, 1.807) is 42.5 Å². The third-order valence-electron chi connectivity index (χ3n) is 4.87. The molecule has 0 atom stereocenters. The molecule has 0 bridgehead atoms. The molecule has 3 aromatic carbocycles. The molecule has 33 heavy (non-hydrogen) atoms. The summed E-state index contributed by atoms with van der Waals surface area (Å²) in [5.74, 6) is -1.03. The number of rotatable bonds is 6. The number of aromatic hydroxyl groups is 1. The van der Waals surface area contributed by atoms with Gasteiger partial charge in [0.05, 0.1) is 22.5 Å². The molecule has 2 N–H and O–H groups in total. The largest absolute Gasteiger partial charge is 0.493 e. The van der Waals surface area contributed by atoms with Gasteiger partial charge in [0.25, 0.3) is 5.56 Å². The van der Waals surface area contributed by atoms with E-state index in [-0.39, 0.29) is 35.6 Å². The first-order valence-corrected chi connectivity index (χ1v) is 10.3. The molecule has 0 aliphatic rings. The van der Waals surface area contributed by atoms with E-state index in [1.165, 1.54) is 16.3 Å². The number of aromatic carboxylic acids is 1. The number of benzene rings is 3. The average molecular weight is 444 g/mol. The van der Waals surface area contributed by atoms with Crippen LogP contribution in [0.4, 0.5) is 0 Å². The quantitative estimate of drug-likeness (QED) is 0.463. The summed E-state index contributed by atoms with van der Waals surface area (Å²) in [6.45, 7) is 1.47. The number of Topliss-reactive ketones (excluding diaryl/α,β-unsaturated/α-hetero) is 1. The molecule has 0 spiro atoms. The molecule has 0 saturated heterocycles. The lowest BCUT2D eigenvalue weighted by molar-refractivity contribution is -0.116. The van der Waals surface area contributed by atoms with Gasteiger partial charge in [-0.3, -0.25) is 4.79 Å². The Labute approximate surface area is 190 Å². The molecule has 7 nitrogen and oxygen atoms in total. The van der Waals surface area contributed by atoms with E-state index >= 15 is 0 Å². The second-order valence-corrected chi connectivity index (χ2v) is 7.28. The Morgan fingerprint density at radius 1 is 0.758 bits per heavy atom. The van der Waals surface area contributed by atoms with Gasteiger partial charge in [0, 0.05) is 6.42 Å². The third kappa shape index (κ3) is 5.65. The van der Waals surface area contributed by atoms with Crippen LogP contribution in [0.2, 0.25) is 0 Å². The lowest BCUT2D eigenvalue weighted by atomic mass is 10.1. The molecule has 0 aliphatic heterocycles. The van der Waals surface area contributed by atoms with Crippen molar-refractivity contribution in [1.82, 2.24) is 9.36 Å². The molecule has 4 aromatic rings. The van der Waals surface area contributed by atoms with E-state index in [4.69, 9.17) is 5.11 Å². The highest BCUT2D eigenvalue weighted by molar-refractivity contribution is 5.87. The molecule has 4 rings (SSSR count). The highest BCUT2D eigenvalue weighted by Crippen LogP contribution is 2.23. The van der Waals surface area contributed by atoms with E-state index in [0.717, 1.165) is 0 Å². The molecule has 0 amide bonds. The lowest BCUT2D eigenvalue weighted by Gasteiger charge is -2.12. The van der Waals surface area contributed by atoms with Gasteiger partial charge in [-0.25, -0.2) is 14.2 Å². The second-order valence-electron chi connectivity index (χ2n) is 7.28. The number of ketones is 1. The Bertz CT molecular complexity index is 1280. The fourth-order valence-corrected chi connectivity index (χ4v) is 3.25. The fraction of sp³-hybridized carbons (Fsp3) is 0.115. The van der Waals surface area contributed by atoms with Crippen molar-refractivity contribution in [2.24, 2.45) is 0 Å². The molecule has 0 fully saturated rings. The van der Waals surface area contributed by atoms with Gasteiger partial charge in [-0.1, -0.05) is 54.6 Å². The molecule has 7 heteroatoms.